The summed E-state index contributed by atoms with van der Waals surface area (Å²) in [5.41, 5.74) is 0.212. The quantitative estimate of drug-likeness (QED) is 0.635. The Bertz CT molecular complexity index is 541. The van der Waals surface area contributed by atoms with Crippen LogP contribution < -0.4 is 0 Å². The number of unbranched alkanes of at least 4 members (excludes halogenated alkanes) is 2. The monoisotopic (exact) mass is 335 g/mol. The molecule has 0 aliphatic heterocycles. The number of nitrogens with zero attached hydrogens (tertiary/aromatic N) is 1. The van der Waals surface area contributed by atoms with Crippen molar-refractivity contribution in [1.29, 1.82) is 0 Å². The van der Waals surface area contributed by atoms with Crippen LogP contribution in [-0.2, 0) is 15.9 Å². The molecule has 120 valence electrons. The van der Waals surface area contributed by atoms with Gasteiger partial charge >= 0.3 is 0 Å². The van der Waals surface area contributed by atoms with Gasteiger partial charge in [-0.15, -0.1) is 11.6 Å². The predicted octanol–water partition coefficient (Wildman–Crippen LogP) is 4.16. The number of sulfonamides is 1. The van der Waals surface area contributed by atoms with Crippen molar-refractivity contribution in [3.63, 3.8) is 0 Å². The van der Waals surface area contributed by atoms with E-state index in [9.17, 15) is 12.8 Å². The lowest BCUT2D eigenvalue weighted by Crippen LogP contribution is -2.33. The molecule has 1 aromatic rings. The maximum Gasteiger partial charge on any atom is 0.243 e. The molecule has 0 unspecified atom stereocenters. The first kappa shape index (κ1) is 18.4. The van der Waals surface area contributed by atoms with E-state index in [1.54, 1.807) is 0 Å². The molecule has 1 aromatic carbocycles. The van der Waals surface area contributed by atoms with E-state index in [0.717, 1.165) is 25.7 Å². The van der Waals surface area contributed by atoms with Crippen LogP contribution in [0.25, 0.3) is 0 Å². The molecule has 0 aromatic heterocycles. The lowest BCUT2D eigenvalue weighted by molar-refractivity contribution is 0.395. The molecule has 3 nitrogen and oxygen atoms in total. The molecule has 21 heavy (non-hydrogen) atoms. The Balaban J connectivity index is 3.08. The van der Waals surface area contributed by atoms with Crippen LogP contribution in [0.15, 0.2) is 23.1 Å². The molecule has 1 rings (SSSR count). The zero-order chi connectivity index (χ0) is 15.9. The van der Waals surface area contributed by atoms with Gasteiger partial charge in [0.15, 0.2) is 0 Å². The fraction of sp³-hybridized carbons (Fsp3) is 0.600. The van der Waals surface area contributed by atoms with Gasteiger partial charge in [-0.25, -0.2) is 12.8 Å². The van der Waals surface area contributed by atoms with E-state index in [0.29, 0.717) is 13.1 Å². The fourth-order valence-electron chi connectivity index (χ4n) is 1.98. The van der Waals surface area contributed by atoms with Crippen LogP contribution in [0, 0.1) is 5.82 Å². The maximum absolute atomic E-state index is 13.5. The number of hydrogen-bond acceptors (Lipinski definition) is 2. The van der Waals surface area contributed by atoms with Crippen molar-refractivity contribution in [2.75, 3.05) is 13.1 Å². The first-order valence-electron chi connectivity index (χ1n) is 7.31. The minimum Gasteiger partial charge on any atom is -0.207 e. The number of rotatable bonds is 9. The molecule has 0 heterocycles. The highest BCUT2D eigenvalue weighted by Crippen LogP contribution is 2.21. The van der Waals surface area contributed by atoms with Crippen LogP contribution in [-0.4, -0.2) is 25.8 Å². The van der Waals surface area contributed by atoms with Gasteiger partial charge in [0.1, 0.15) is 5.82 Å². The van der Waals surface area contributed by atoms with Gasteiger partial charge in [0.25, 0.3) is 0 Å². The summed E-state index contributed by atoms with van der Waals surface area (Å²) in [5.74, 6) is -0.517. The van der Waals surface area contributed by atoms with Crippen LogP contribution in [0.3, 0.4) is 0 Å². The molecule has 6 heteroatoms. The van der Waals surface area contributed by atoms with E-state index in [2.05, 4.69) is 0 Å². The van der Waals surface area contributed by atoms with E-state index in [-0.39, 0.29) is 16.3 Å². The Morgan fingerprint density at radius 2 is 1.71 bits per heavy atom. The molecular weight excluding hydrogens is 313 g/mol. The summed E-state index contributed by atoms with van der Waals surface area (Å²) in [6, 6.07) is 3.82. The molecule has 0 bridgehead atoms. The van der Waals surface area contributed by atoms with Gasteiger partial charge in [-0.1, -0.05) is 26.7 Å². The Morgan fingerprint density at radius 3 is 2.19 bits per heavy atom. The zero-order valence-corrected chi connectivity index (χ0v) is 14.2. The summed E-state index contributed by atoms with van der Waals surface area (Å²) in [4.78, 5) is 0.117. The second-order valence-corrected chi connectivity index (χ2v) is 7.20. The van der Waals surface area contributed by atoms with Crippen molar-refractivity contribution in [2.24, 2.45) is 0 Å². The highest BCUT2D eigenvalue weighted by atomic mass is 35.5. The average Bonchev–Trinajstić information content (AvgIpc) is 2.47. The second kappa shape index (κ2) is 8.71. The largest absolute Gasteiger partial charge is 0.243 e. The Kier molecular flexibility index (Phi) is 7.63. The number of halogens is 2. The lowest BCUT2D eigenvalue weighted by atomic mass is 10.2. The van der Waals surface area contributed by atoms with E-state index in [1.807, 2.05) is 13.8 Å². The van der Waals surface area contributed by atoms with Crippen LogP contribution in [0.1, 0.15) is 45.1 Å². The Hall–Kier alpha value is -0.650. The van der Waals surface area contributed by atoms with Gasteiger partial charge in [-0.2, -0.15) is 4.31 Å². The lowest BCUT2D eigenvalue weighted by Gasteiger charge is -2.22. The van der Waals surface area contributed by atoms with Crippen molar-refractivity contribution >= 4 is 21.6 Å². The van der Waals surface area contributed by atoms with Crippen molar-refractivity contribution in [1.82, 2.24) is 4.31 Å². The van der Waals surface area contributed by atoms with Gasteiger partial charge in [0.05, 0.1) is 10.8 Å². The Labute approximate surface area is 132 Å². The summed E-state index contributed by atoms with van der Waals surface area (Å²) in [5, 5.41) is 0. The van der Waals surface area contributed by atoms with Gasteiger partial charge in [-0.05, 0) is 31.0 Å². The standard InChI is InChI=1S/C15H23ClFNO2S/c1-3-5-9-18(10-6-4-2)21(19,20)14-7-8-15(17)13(11-14)12-16/h7-8,11H,3-6,9-10,12H2,1-2H3. The molecule has 0 atom stereocenters. The summed E-state index contributed by atoms with van der Waals surface area (Å²) < 4.78 is 40.3. The van der Waals surface area contributed by atoms with Crippen LogP contribution >= 0.6 is 11.6 Å². The van der Waals surface area contributed by atoms with Gasteiger partial charge in [0.2, 0.25) is 10.0 Å². The second-order valence-electron chi connectivity index (χ2n) is 5.00. The normalized spacial score (nSPS) is 12.0. The number of benzene rings is 1. The molecule has 0 aliphatic carbocycles. The molecule has 0 fully saturated rings. The molecular formula is C15H23ClFNO2S. The van der Waals surface area contributed by atoms with E-state index >= 15 is 0 Å². The maximum atomic E-state index is 13.5. The summed E-state index contributed by atoms with van der Waals surface area (Å²) >= 11 is 5.65. The molecule has 0 saturated carbocycles. The zero-order valence-electron chi connectivity index (χ0n) is 12.6. The van der Waals surface area contributed by atoms with Crippen molar-refractivity contribution in [2.45, 2.75) is 50.3 Å². The summed E-state index contributed by atoms with van der Waals surface area (Å²) in [7, 11) is -3.59. The average molecular weight is 336 g/mol. The molecule has 0 spiro atoms. The summed E-state index contributed by atoms with van der Waals surface area (Å²) in [6.07, 6.45) is 3.47. The topological polar surface area (TPSA) is 37.4 Å². The third-order valence-electron chi connectivity index (χ3n) is 3.32. The van der Waals surface area contributed by atoms with E-state index in [4.69, 9.17) is 11.6 Å². The van der Waals surface area contributed by atoms with Gasteiger partial charge in [-0.3, -0.25) is 0 Å². The first-order valence-corrected chi connectivity index (χ1v) is 9.29. The van der Waals surface area contributed by atoms with Crippen molar-refractivity contribution in [3.8, 4) is 0 Å². The van der Waals surface area contributed by atoms with E-state index in [1.165, 1.54) is 22.5 Å². The first-order chi connectivity index (χ1) is 9.97. The van der Waals surface area contributed by atoms with Crippen LogP contribution in [0.5, 0.6) is 0 Å². The highest BCUT2D eigenvalue weighted by Gasteiger charge is 2.24. The van der Waals surface area contributed by atoms with Gasteiger partial charge in [0, 0.05) is 18.7 Å². The molecule has 0 aliphatic rings. The van der Waals surface area contributed by atoms with Crippen LogP contribution in [0.4, 0.5) is 4.39 Å². The van der Waals surface area contributed by atoms with E-state index < -0.39 is 15.8 Å². The molecule has 0 saturated heterocycles. The Morgan fingerprint density at radius 1 is 1.14 bits per heavy atom. The fourth-order valence-corrected chi connectivity index (χ4v) is 3.76. The smallest absolute Gasteiger partial charge is 0.207 e. The molecule has 0 N–H and O–H groups in total. The molecule has 0 radical (unpaired) electrons. The number of hydrogen-bond donors (Lipinski definition) is 0. The van der Waals surface area contributed by atoms with Crippen molar-refractivity contribution < 1.29 is 12.8 Å². The minimum absolute atomic E-state index is 0.0425. The number of alkyl halides is 1. The minimum atomic E-state index is -3.59. The predicted molar refractivity (Wildman–Crippen MR) is 84.5 cm³/mol. The van der Waals surface area contributed by atoms with Crippen LogP contribution in [0.2, 0.25) is 0 Å². The third-order valence-corrected chi connectivity index (χ3v) is 5.50. The highest BCUT2D eigenvalue weighted by molar-refractivity contribution is 7.89. The SMILES string of the molecule is CCCCN(CCCC)S(=O)(=O)c1ccc(F)c(CCl)c1. The third kappa shape index (κ3) is 4.94. The van der Waals surface area contributed by atoms with Crippen molar-refractivity contribution in [3.05, 3.63) is 29.6 Å². The summed E-state index contributed by atoms with van der Waals surface area (Å²) in [6.45, 7) is 5.03. The van der Waals surface area contributed by atoms with Gasteiger partial charge < -0.3 is 0 Å². The molecule has 0 amide bonds.